The number of aromatic amines is 1. The van der Waals surface area contributed by atoms with Gasteiger partial charge in [0, 0.05) is 30.9 Å². The zero-order chi connectivity index (χ0) is 12.4. The molecule has 0 aromatic carbocycles. The molecule has 3 nitrogen and oxygen atoms in total. The van der Waals surface area contributed by atoms with E-state index in [-0.39, 0.29) is 0 Å². The van der Waals surface area contributed by atoms with Crippen LogP contribution in [0.3, 0.4) is 0 Å². The third-order valence-electron chi connectivity index (χ3n) is 4.21. The van der Waals surface area contributed by atoms with E-state index in [0.717, 1.165) is 18.7 Å². The molecular formula is C15H21N3. The lowest BCUT2D eigenvalue weighted by Gasteiger charge is -2.23. The number of H-pyrrole nitrogens is 1. The molecule has 1 aliphatic carbocycles. The summed E-state index contributed by atoms with van der Waals surface area (Å²) in [7, 11) is 0. The van der Waals surface area contributed by atoms with E-state index in [1.165, 1.54) is 36.6 Å². The Kier molecular flexibility index (Phi) is 3.08. The summed E-state index contributed by atoms with van der Waals surface area (Å²) >= 11 is 0. The third kappa shape index (κ3) is 2.27. The fourth-order valence-corrected chi connectivity index (χ4v) is 3.06. The molecule has 2 heterocycles. The Morgan fingerprint density at radius 3 is 3.06 bits per heavy atom. The highest BCUT2D eigenvalue weighted by Gasteiger charge is 2.27. The van der Waals surface area contributed by atoms with E-state index in [1.807, 2.05) is 12.3 Å². The Bertz CT molecular complexity index is 523. The number of nitrogens with one attached hydrogen (secondary N) is 2. The minimum Gasteiger partial charge on any atom is -0.346 e. The standard InChI is InChI=1S/C15H21N3/c1-15(6-2-3-7-15)11-16-9-12-10-18-14-13(12)5-4-8-17-14/h4-5,8,10,16H,2-3,6-7,9,11H2,1H3,(H,17,18). The molecule has 0 saturated heterocycles. The highest BCUT2D eigenvalue weighted by Crippen LogP contribution is 2.36. The SMILES string of the molecule is CC1(CNCc2c[nH]c3ncccc23)CCCC1. The molecule has 2 aromatic heterocycles. The first kappa shape index (κ1) is 11.7. The van der Waals surface area contributed by atoms with Crippen molar-refractivity contribution in [3.05, 3.63) is 30.1 Å². The van der Waals surface area contributed by atoms with Gasteiger partial charge in [0.25, 0.3) is 0 Å². The lowest BCUT2D eigenvalue weighted by molar-refractivity contribution is 0.315. The van der Waals surface area contributed by atoms with Gasteiger partial charge >= 0.3 is 0 Å². The van der Waals surface area contributed by atoms with Gasteiger partial charge in [-0.25, -0.2) is 4.98 Å². The normalized spacial score (nSPS) is 18.5. The summed E-state index contributed by atoms with van der Waals surface area (Å²) in [5.41, 5.74) is 2.82. The average Bonchev–Trinajstić information content (AvgIpc) is 2.97. The molecule has 0 atom stereocenters. The molecule has 1 saturated carbocycles. The second-order valence-corrected chi connectivity index (χ2v) is 5.83. The highest BCUT2D eigenvalue weighted by atomic mass is 14.9. The molecule has 0 amide bonds. The van der Waals surface area contributed by atoms with Crippen LogP contribution in [0.25, 0.3) is 11.0 Å². The van der Waals surface area contributed by atoms with Gasteiger partial charge < -0.3 is 10.3 Å². The Hall–Kier alpha value is -1.35. The number of rotatable bonds is 4. The summed E-state index contributed by atoms with van der Waals surface area (Å²) in [5.74, 6) is 0. The molecule has 1 aliphatic rings. The Morgan fingerprint density at radius 1 is 1.39 bits per heavy atom. The van der Waals surface area contributed by atoms with Crippen molar-refractivity contribution in [3.63, 3.8) is 0 Å². The number of pyridine rings is 1. The first-order valence-electron chi connectivity index (χ1n) is 6.89. The maximum absolute atomic E-state index is 4.32. The van der Waals surface area contributed by atoms with Crippen molar-refractivity contribution in [2.75, 3.05) is 6.54 Å². The van der Waals surface area contributed by atoms with Gasteiger partial charge in [0.1, 0.15) is 5.65 Å². The fourth-order valence-electron chi connectivity index (χ4n) is 3.06. The van der Waals surface area contributed by atoms with E-state index in [4.69, 9.17) is 0 Å². The van der Waals surface area contributed by atoms with E-state index in [1.54, 1.807) is 0 Å². The molecule has 0 aliphatic heterocycles. The van der Waals surface area contributed by atoms with Crippen molar-refractivity contribution in [1.82, 2.24) is 15.3 Å². The van der Waals surface area contributed by atoms with Crippen molar-refractivity contribution in [2.45, 2.75) is 39.2 Å². The van der Waals surface area contributed by atoms with Gasteiger partial charge in [0.2, 0.25) is 0 Å². The van der Waals surface area contributed by atoms with Crippen LogP contribution in [0, 0.1) is 5.41 Å². The van der Waals surface area contributed by atoms with Gasteiger partial charge in [-0.3, -0.25) is 0 Å². The van der Waals surface area contributed by atoms with Crippen LogP contribution >= 0.6 is 0 Å². The van der Waals surface area contributed by atoms with Crippen LogP contribution < -0.4 is 5.32 Å². The minimum absolute atomic E-state index is 0.518. The van der Waals surface area contributed by atoms with Crippen LogP contribution in [0.4, 0.5) is 0 Å². The average molecular weight is 243 g/mol. The Morgan fingerprint density at radius 2 is 2.22 bits per heavy atom. The minimum atomic E-state index is 0.518. The molecule has 0 bridgehead atoms. The quantitative estimate of drug-likeness (QED) is 0.865. The Labute approximate surface area is 108 Å². The maximum Gasteiger partial charge on any atom is 0.137 e. The molecular weight excluding hydrogens is 222 g/mol. The first-order valence-corrected chi connectivity index (χ1v) is 6.89. The van der Waals surface area contributed by atoms with Crippen molar-refractivity contribution in [1.29, 1.82) is 0 Å². The molecule has 3 rings (SSSR count). The van der Waals surface area contributed by atoms with E-state index >= 15 is 0 Å². The predicted molar refractivity (Wildman–Crippen MR) is 74.4 cm³/mol. The smallest absolute Gasteiger partial charge is 0.137 e. The zero-order valence-electron chi connectivity index (χ0n) is 11.0. The van der Waals surface area contributed by atoms with Crippen LogP contribution in [-0.4, -0.2) is 16.5 Å². The van der Waals surface area contributed by atoms with Crippen LogP contribution in [-0.2, 0) is 6.54 Å². The van der Waals surface area contributed by atoms with Crippen molar-refractivity contribution in [3.8, 4) is 0 Å². The molecule has 0 spiro atoms. The van der Waals surface area contributed by atoms with Crippen molar-refractivity contribution < 1.29 is 0 Å². The Balaban J connectivity index is 1.63. The van der Waals surface area contributed by atoms with Crippen molar-refractivity contribution >= 4 is 11.0 Å². The number of hydrogen-bond acceptors (Lipinski definition) is 2. The molecule has 1 fully saturated rings. The summed E-state index contributed by atoms with van der Waals surface area (Å²) in [6.07, 6.45) is 9.44. The summed E-state index contributed by atoms with van der Waals surface area (Å²) in [4.78, 5) is 7.54. The second-order valence-electron chi connectivity index (χ2n) is 5.83. The van der Waals surface area contributed by atoms with Crippen LogP contribution in [0.2, 0.25) is 0 Å². The zero-order valence-corrected chi connectivity index (χ0v) is 11.0. The van der Waals surface area contributed by atoms with E-state index < -0.39 is 0 Å². The second kappa shape index (κ2) is 4.73. The lowest BCUT2D eigenvalue weighted by Crippen LogP contribution is -2.29. The summed E-state index contributed by atoms with van der Waals surface area (Å²) in [5, 5.41) is 4.85. The lowest BCUT2D eigenvalue weighted by atomic mass is 9.89. The van der Waals surface area contributed by atoms with Gasteiger partial charge in [-0.1, -0.05) is 19.8 Å². The number of nitrogens with zero attached hydrogens (tertiary/aromatic N) is 1. The molecule has 0 radical (unpaired) electrons. The molecule has 3 heteroatoms. The maximum atomic E-state index is 4.32. The summed E-state index contributed by atoms with van der Waals surface area (Å²) in [6, 6.07) is 4.13. The fraction of sp³-hybridized carbons (Fsp3) is 0.533. The molecule has 18 heavy (non-hydrogen) atoms. The van der Waals surface area contributed by atoms with E-state index in [0.29, 0.717) is 5.41 Å². The van der Waals surface area contributed by atoms with Gasteiger partial charge in [0.05, 0.1) is 0 Å². The summed E-state index contributed by atoms with van der Waals surface area (Å²) in [6.45, 7) is 4.46. The first-order chi connectivity index (χ1) is 8.77. The number of hydrogen-bond donors (Lipinski definition) is 2. The van der Waals surface area contributed by atoms with E-state index in [2.05, 4.69) is 34.5 Å². The number of fused-ring (bicyclic) bond motifs is 1. The predicted octanol–water partition coefficient (Wildman–Crippen LogP) is 3.23. The van der Waals surface area contributed by atoms with E-state index in [9.17, 15) is 0 Å². The molecule has 96 valence electrons. The molecule has 2 N–H and O–H groups in total. The largest absolute Gasteiger partial charge is 0.346 e. The molecule has 2 aromatic rings. The van der Waals surface area contributed by atoms with Gasteiger partial charge in [0.15, 0.2) is 0 Å². The van der Waals surface area contributed by atoms with Gasteiger partial charge in [-0.15, -0.1) is 0 Å². The monoisotopic (exact) mass is 243 g/mol. The summed E-state index contributed by atoms with van der Waals surface area (Å²) < 4.78 is 0. The third-order valence-corrected chi connectivity index (χ3v) is 4.21. The van der Waals surface area contributed by atoms with Crippen LogP contribution in [0.1, 0.15) is 38.2 Å². The highest BCUT2D eigenvalue weighted by molar-refractivity contribution is 5.79. The number of aromatic nitrogens is 2. The van der Waals surface area contributed by atoms with Crippen molar-refractivity contribution in [2.24, 2.45) is 5.41 Å². The van der Waals surface area contributed by atoms with Gasteiger partial charge in [-0.05, 0) is 36.0 Å². The topological polar surface area (TPSA) is 40.7 Å². The molecule has 0 unspecified atom stereocenters. The van der Waals surface area contributed by atoms with Gasteiger partial charge in [-0.2, -0.15) is 0 Å². The van der Waals surface area contributed by atoms with Crippen LogP contribution in [0.5, 0.6) is 0 Å². The van der Waals surface area contributed by atoms with Crippen LogP contribution in [0.15, 0.2) is 24.5 Å².